The van der Waals surface area contributed by atoms with Gasteiger partial charge in [0.1, 0.15) is 0 Å². The third-order valence-corrected chi connectivity index (χ3v) is 3.09. The van der Waals surface area contributed by atoms with Crippen molar-refractivity contribution in [1.29, 1.82) is 0 Å². The molecule has 0 aromatic heterocycles. The Hall–Kier alpha value is -1.35. The summed E-state index contributed by atoms with van der Waals surface area (Å²) in [6, 6.07) is 0. The SMILES string of the molecule is CCCCC/C=C\[C@@H]([18OH])/C=C\C/C=C\CCCCC(=O)O. The van der Waals surface area contributed by atoms with Crippen LogP contribution in [0.15, 0.2) is 36.5 Å². The van der Waals surface area contributed by atoms with Gasteiger partial charge in [-0.05, 0) is 38.5 Å². The van der Waals surface area contributed by atoms with Crippen LogP contribution in [0.25, 0.3) is 0 Å². The maximum Gasteiger partial charge on any atom is 0.303 e. The van der Waals surface area contributed by atoms with Gasteiger partial charge in [0, 0.05) is 6.42 Å². The molecule has 0 aliphatic rings. The van der Waals surface area contributed by atoms with E-state index in [0.29, 0.717) is 0 Å². The molecule has 1 atom stereocenters. The van der Waals surface area contributed by atoms with E-state index in [-0.39, 0.29) is 6.42 Å². The first-order chi connectivity index (χ1) is 10.2. The van der Waals surface area contributed by atoms with E-state index in [0.717, 1.165) is 32.1 Å². The van der Waals surface area contributed by atoms with Crippen molar-refractivity contribution in [3.05, 3.63) is 36.5 Å². The van der Waals surface area contributed by atoms with E-state index in [4.69, 9.17) is 5.11 Å². The Bertz CT molecular complexity index is 329. The lowest BCUT2D eigenvalue weighted by Crippen LogP contribution is -1.95. The standard InChI is InChI=1S/C18H30O3/c1-2-3-4-8-11-14-17(19)15-12-9-6-5-7-10-13-16-18(20)21/h5-6,11-12,14-15,17,19H,2-4,7-10,13,16H2,1H3,(H,20,21)/b6-5-,14-11-,15-12-/t17-/m1/s1/i19+2. The summed E-state index contributed by atoms with van der Waals surface area (Å²) in [4.78, 5) is 10.3. The second-order valence-electron chi connectivity index (χ2n) is 5.19. The minimum atomic E-state index is -0.723. The van der Waals surface area contributed by atoms with Crippen LogP contribution in [0.2, 0.25) is 0 Å². The summed E-state index contributed by atoms with van der Waals surface area (Å²) in [5.74, 6) is -0.723. The molecule has 0 heterocycles. The molecule has 3 nitrogen and oxygen atoms in total. The van der Waals surface area contributed by atoms with Gasteiger partial charge in [-0.15, -0.1) is 0 Å². The predicted octanol–water partition coefficient (Wildman–Crippen LogP) is 4.63. The molecule has 0 aromatic carbocycles. The highest BCUT2D eigenvalue weighted by molar-refractivity contribution is 5.66. The van der Waals surface area contributed by atoms with E-state index < -0.39 is 12.1 Å². The number of unbranched alkanes of at least 4 members (excludes halogenated alkanes) is 5. The van der Waals surface area contributed by atoms with Gasteiger partial charge in [-0.2, -0.15) is 0 Å². The van der Waals surface area contributed by atoms with Crippen LogP contribution in [0.4, 0.5) is 0 Å². The fourth-order valence-electron chi connectivity index (χ4n) is 1.86. The molecule has 0 saturated heterocycles. The number of aliphatic carboxylic acids is 1. The molecule has 0 rings (SSSR count). The summed E-state index contributed by atoms with van der Waals surface area (Å²) in [6.45, 7) is 2.18. The number of hydrogen-bond acceptors (Lipinski definition) is 2. The molecule has 0 fully saturated rings. The Balaban J connectivity index is 3.54. The Morgan fingerprint density at radius 3 is 2.38 bits per heavy atom. The number of rotatable bonds is 13. The van der Waals surface area contributed by atoms with E-state index in [9.17, 15) is 9.90 Å². The number of hydrogen-bond donors (Lipinski definition) is 2. The van der Waals surface area contributed by atoms with Crippen molar-refractivity contribution in [3.63, 3.8) is 0 Å². The van der Waals surface area contributed by atoms with Gasteiger partial charge < -0.3 is 10.2 Å². The molecular formula is C18H30O3. The van der Waals surface area contributed by atoms with Crippen molar-refractivity contribution < 1.29 is 15.0 Å². The second kappa shape index (κ2) is 15.0. The molecule has 21 heavy (non-hydrogen) atoms. The van der Waals surface area contributed by atoms with Crippen LogP contribution < -0.4 is 0 Å². The fraction of sp³-hybridized carbons (Fsp3) is 0.611. The molecule has 0 spiro atoms. The first kappa shape index (κ1) is 19.7. The summed E-state index contributed by atoms with van der Waals surface area (Å²) in [7, 11) is 0. The van der Waals surface area contributed by atoms with Gasteiger partial charge in [0.2, 0.25) is 0 Å². The summed E-state index contributed by atoms with van der Waals surface area (Å²) in [5, 5.41) is 18.2. The number of carboxylic acid groups (broad SMARTS) is 1. The summed E-state index contributed by atoms with van der Waals surface area (Å²) >= 11 is 0. The van der Waals surface area contributed by atoms with E-state index >= 15 is 0 Å². The van der Waals surface area contributed by atoms with E-state index in [1.54, 1.807) is 6.08 Å². The number of aliphatic hydroxyl groups excluding tert-OH is 1. The molecule has 0 amide bonds. The average Bonchev–Trinajstić information content (AvgIpc) is 2.45. The lowest BCUT2D eigenvalue weighted by Gasteiger charge is -1.97. The highest BCUT2D eigenvalue weighted by atomic mass is 18.2. The maximum atomic E-state index is 10.3. The normalized spacial score (nSPS) is 13.6. The predicted molar refractivity (Wildman–Crippen MR) is 88.3 cm³/mol. The van der Waals surface area contributed by atoms with Crippen molar-refractivity contribution in [2.45, 2.75) is 70.8 Å². The van der Waals surface area contributed by atoms with Gasteiger partial charge in [-0.3, -0.25) is 4.79 Å². The minimum absolute atomic E-state index is 0.254. The van der Waals surface area contributed by atoms with Crippen molar-refractivity contribution >= 4 is 5.97 Å². The van der Waals surface area contributed by atoms with Crippen LogP contribution in [0.3, 0.4) is 0 Å². The Morgan fingerprint density at radius 2 is 1.67 bits per heavy atom. The summed E-state index contributed by atoms with van der Waals surface area (Å²) in [5.41, 5.74) is 0. The van der Waals surface area contributed by atoms with Gasteiger partial charge in [0.05, 0.1) is 6.10 Å². The number of allylic oxidation sites excluding steroid dienone is 4. The van der Waals surface area contributed by atoms with Gasteiger partial charge >= 0.3 is 5.97 Å². The third kappa shape index (κ3) is 16.6. The molecule has 0 bridgehead atoms. The first-order valence-corrected chi connectivity index (χ1v) is 8.05. The van der Waals surface area contributed by atoms with Crippen LogP contribution in [-0.4, -0.2) is 22.3 Å². The van der Waals surface area contributed by atoms with Gasteiger partial charge in [0.25, 0.3) is 0 Å². The largest absolute Gasteiger partial charge is 0.481 e. The molecule has 0 radical (unpaired) electrons. The van der Waals surface area contributed by atoms with E-state index in [2.05, 4.69) is 19.1 Å². The molecule has 0 unspecified atom stereocenters. The zero-order valence-electron chi connectivity index (χ0n) is 13.2. The molecule has 0 aliphatic heterocycles. The molecule has 0 aromatic rings. The average molecular weight is 296 g/mol. The number of carboxylic acids is 1. The molecule has 0 saturated carbocycles. The number of carbonyl (C=O) groups is 1. The van der Waals surface area contributed by atoms with Crippen LogP contribution >= 0.6 is 0 Å². The Morgan fingerprint density at radius 1 is 1.00 bits per heavy atom. The monoisotopic (exact) mass is 296 g/mol. The fourth-order valence-corrected chi connectivity index (χ4v) is 1.86. The first-order valence-electron chi connectivity index (χ1n) is 8.05. The quantitative estimate of drug-likeness (QED) is 0.296. The zero-order chi connectivity index (χ0) is 15.8. The second-order valence-corrected chi connectivity index (χ2v) is 5.19. The lowest BCUT2D eigenvalue weighted by atomic mass is 10.1. The van der Waals surface area contributed by atoms with Crippen LogP contribution in [0.5, 0.6) is 0 Å². The Labute approximate surface area is 129 Å². The zero-order valence-corrected chi connectivity index (χ0v) is 13.2. The molecule has 3 heteroatoms. The van der Waals surface area contributed by atoms with Crippen molar-refractivity contribution in [1.82, 2.24) is 0 Å². The summed E-state index contributed by atoms with van der Waals surface area (Å²) < 4.78 is 0. The number of aliphatic hydroxyl groups is 1. The van der Waals surface area contributed by atoms with Crippen LogP contribution in [-0.2, 0) is 4.79 Å². The van der Waals surface area contributed by atoms with Gasteiger partial charge in [-0.1, -0.05) is 56.2 Å². The van der Waals surface area contributed by atoms with Crippen LogP contribution in [0, 0.1) is 0 Å². The van der Waals surface area contributed by atoms with E-state index in [1.807, 2.05) is 18.2 Å². The summed E-state index contributed by atoms with van der Waals surface area (Å²) in [6.07, 6.45) is 19.6. The lowest BCUT2D eigenvalue weighted by molar-refractivity contribution is -0.137. The Kier molecular flexibility index (Phi) is 14.1. The van der Waals surface area contributed by atoms with Crippen molar-refractivity contribution in [3.8, 4) is 0 Å². The highest BCUT2D eigenvalue weighted by Gasteiger charge is 1.94. The third-order valence-electron chi connectivity index (χ3n) is 3.09. The van der Waals surface area contributed by atoms with Gasteiger partial charge in [0.15, 0.2) is 0 Å². The smallest absolute Gasteiger partial charge is 0.303 e. The van der Waals surface area contributed by atoms with E-state index in [1.165, 1.54) is 19.3 Å². The minimum Gasteiger partial charge on any atom is -0.481 e. The van der Waals surface area contributed by atoms with Gasteiger partial charge in [-0.25, -0.2) is 0 Å². The van der Waals surface area contributed by atoms with Crippen molar-refractivity contribution in [2.24, 2.45) is 0 Å². The highest BCUT2D eigenvalue weighted by Crippen LogP contribution is 2.03. The molecule has 2 N–H and O–H groups in total. The van der Waals surface area contributed by atoms with Crippen LogP contribution in [0.1, 0.15) is 64.7 Å². The maximum absolute atomic E-state index is 10.3. The molecular weight excluding hydrogens is 266 g/mol. The molecule has 120 valence electrons. The molecule has 0 aliphatic carbocycles. The topological polar surface area (TPSA) is 57.5 Å². The van der Waals surface area contributed by atoms with Crippen molar-refractivity contribution in [2.75, 3.05) is 0 Å².